The first kappa shape index (κ1) is 24.5. The molecular formula is C30H35ClN2O. The van der Waals surface area contributed by atoms with Crippen molar-refractivity contribution < 1.29 is 4.79 Å². The Morgan fingerprint density at radius 1 is 0.971 bits per heavy atom. The molecular weight excluding hydrogens is 440 g/mol. The number of carbonyl (C=O) groups is 1. The summed E-state index contributed by atoms with van der Waals surface area (Å²) in [7, 11) is 0. The van der Waals surface area contributed by atoms with E-state index in [4.69, 9.17) is 11.6 Å². The average Bonchev–Trinajstić information content (AvgIpc) is 2.83. The number of amides is 1. The molecule has 0 aromatic heterocycles. The SMILES string of the molecule is Cc1cc(C)cc(C(=O)N2CC[C@H](NCCCc3ccc(Cl)cc3)C[C@H]2Cc2ccccc2)c1. The van der Waals surface area contributed by atoms with Crippen LogP contribution in [0.2, 0.25) is 5.02 Å². The van der Waals surface area contributed by atoms with E-state index in [9.17, 15) is 4.79 Å². The van der Waals surface area contributed by atoms with Crippen molar-refractivity contribution >= 4 is 17.5 Å². The maximum atomic E-state index is 13.5. The molecule has 3 aromatic rings. The second-order valence-electron chi connectivity index (χ2n) is 9.62. The second kappa shape index (κ2) is 11.7. The molecule has 178 valence electrons. The lowest BCUT2D eigenvalue weighted by Crippen LogP contribution is -2.52. The van der Waals surface area contributed by atoms with Gasteiger partial charge in [-0.3, -0.25) is 4.79 Å². The minimum Gasteiger partial charge on any atom is -0.335 e. The number of carbonyl (C=O) groups excluding carboxylic acids is 1. The molecule has 4 rings (SSSR count). The minimum absolute atomic E-state index is 0.161. The molecule has 0 bridgehead atoms. The normalized spacial score (nSPS) is 18.1. The monoisotopic (exact) mass is 474 g/mol. The average molecular weight is 475 g/mol. The molecule has 1 aliphatic heterocycles. The van der Waals surface area contributed by atoms with Crippen LogP contribution in [-0.4, -0.2) is 36.0 Å². The van der Waals surface area contributed by atoms with Gasteiger partial charge in [0.05, 0.1) is 0 Å². The largest absolute Gasteiger partial charge is 0.335 e. The zero-order valence-electron chi connectivity index (χ0n) is 20.3. The van der Waals surface area contributed by atoms with E-state index in [1.165, 1.54) is 11.1 Å². The summed E-state index contributed by atoms with van der Waals surface area (Å²) in [4.78, 5) is 15.7. The predicted molar refractivity (Wildman–Crippen MR) is 142 cm³/mol. The minimum atomic E-state index is 0.161. The maximum Gasteiger partial charge on any atom is 0.254 e. The van der Waals surface area contributed by atoms with Gasteiger partial charge >= 0.3 is 0 Å². The van der Waals surface area contributed by atoms with Gasteiger partial charge in [0.25, 0.3) is 5.91 Å². The molecule has 0 saturated carbocycles. The van der Waals surface area contributed by atoms with E-state index in [-0.39, 0.29) is 11.9 Å². The van der Waals surface area contributed by atoms with E-state index in [1.807, 2.05) is 30.3 Å². The van der Waals surface area contributed by atoms with Gasteiger partial charge < -0.3 is 10.2 Å². The van der Waals surface area contributed by atoms with Gasteiger partial charge in [0.2, 0.25) is 0 Å². The molecule has 3 aromatic carbocycles. The van der Waals surface area contributed by atoms with Crippen LogP contribution in [0.25, 0.3) is 0 Å². The lowest BCUT2D eigenvalue weighted by atomic mass is 9.91. The van der Waals surface area contributed by atoms with Gasteiger partial charge in [-0.25, -0.2) is 0 Å². The number of hydrogen-bond donors (Lipinski definition) is 1. The van der Waals surface area contributed by atoms with Crippen LogP contribution in [0, 0.1) is 13.8 Å². The summed E-state index contributed by atoms with van der Waals surface area (Å²) in [5.74, 6) is 0.161. The summed E-state index contributed by atoms with van der Waals surface area (Å²) >= 11 is 5.99. The van der Waals surface area contributed by atoms with Gasteiger partial charge in [0.1, 0.15) is 0 Å². The smallest absolute Gasteiger partial charge is 0.254 e. The summed E-state index contributed by atoms with van der Waals surface area (Å²) < 4.78 is 0. The van der Waals surface area contributed by atoms with Crippen molar-refractivity contribution in [2.24, 2.45) is 0 Å². The highest BCUT2D eigenvalue weighted by molar-refractivity contribution is 6.30. The van der Waals surface area contributed by atoms with Crippen LogP contribution in [0.15, 0.2) is 72.8 Å². The highest BCUT2D eigenvalue weighted by Gasteiger charge is 2.32. The third-order valence-corrected chi connectivity index (χ3v) is 7.00. The van der Waals surface area contributed by atoms with Crippen LogP contribution < -0.4 is 5.32 Å². The van der Waals surface area contributed by atoms with Crippen molar-refractivity contribution in [3.8, 4) is 0 Å². The Bertz CT molecular complexity index is 1060. The molecule has 0 aliphatic carbocycles. The number of halogens is 1. The van der Waals surface area contributed by atoms with E-state index in [1.54, 1.807) is 0 Å². The van der Waals surface area contributed by atoms with Crippen molar-refractivity contribution in [1.82, 2.24) is 10.2 Å². The fourth-order valence-electron chi connectivity index (χ4n) is 5.10. The predicted octanol–water partition coefficient (Wildman–Crippen LogP) is 6.40. The number of piperidine rings is 1. The first-order valence-electron chi connectivity index (χ1n) is 12.4. The number of nitrogens with zero attached hydrogens (tertiary/aromatic N) is 1. The van der Waals surface area contributed by atoms with Gasteiger partial charge in [0.15, 0.2) is 0 Å². The van der Waals surface area contributed by atoms with Crippen molar-refractivity contribution in [2.45, 2.75) is 58.0 Å². The number of likely N-dealkylation sites (tertiary alicyclic amines) is 1. The summed E-state index contributed by atoms with van der Waals surface area (Å²) in [5, 5.41) is 4.56. The van der Waals surface area contributed by atoms with Crippen LogP contribution in [0.5, 0.6) is 0 Å². The Kier molecular flexibility index (Phi) is 8.42. The zero-order valence-corrected chi connectivity index (χ0v) is 21.0. The van der Waals surface area contributed by atoms with E-state index in [2.05, 4.69) is 66.5 Å². The third kappa shape index (κ3) is 6.71. The molecule has 1 amide bonds. The fraction of sp³-hybridized carbons (Fsp3) is 0.367. The maximum absolute atomic E-state index is 13.5. The molecule has 1 saturated heterocycles. The van der Waals surface area contributed by atoms with E-state index in [0.29, 0.717) is 6.04 Å². The first-order chi connectivity index (χ1) is 16.5. The summed E-state index contributed by atoms with van der Waals surface area (Å²) in [6, 6.07) is 25.5. The number of nitrogens with one attached hydrogen (secondary N) is 1. The van der Waals surface area contributed by atoms with Crippen LogP contribution >= 0.6 is 11.6 Å². The molecule has 0 spiro atoms. The molecule has 1 N–H and O–H groups in total. The van der Waals surface area contributed by atoms with Crippen molar-refractivity contribution in [3.63, 3.8) is 0 Å². The molecule has 0 radical (unpaired) electrons. The van der Waals surface area contributed by atoms with Crippen LogP contribution in [0.4, 0.5) is 0 Å². The second-order valence-corrected chi connectivity index (χ2v) is 10.1. The molecule has 3 nitrogen and oxygen atoms in total. The van der Waals surface area contributed by atoms with Gasteiger partial charge in [-0.1, -0.05) is 71.3 Å². The third-order valence-electron chi connectivity index (χ3n) is 6.75. The Labute approximate surface area is 209 Å². The van der Waals surface area contributed by atoms with Gasteiger partial charge in [-0.05, 0) is 87.9 Å². The van der Waals surface area contributed by atoms with E-state index >= 15 is 0 Å². The fourth-order valence-corrected chi connectivity index (χ4v) is 5.22. The van der Waals surface area contributed by atoms with Crippen LogP contribution in [0.1, 0.15) is 51.9 Å². The standard InChI is InChI=1S/C30H35ClN2O/c1-22-17-23(2)19-26(18-22)30(34)33-16-14-28(21-29(33)20-25-7-4-3-5-8-25)32-15-6-9-24-10-12-27(31)13-11-24/h3-5,7-8,10-13,17-19,28-29,32H,6,9,14-16,20-21H2,1-2H3/t28-,29+/m0/s1. The van der Waals surface area contributed by atoms with Gasteiger partial charge in [-0.2, -0.15) is 0 Å². The zero-order chi connectivity index (χ0) is 23.9. The molecule has 34 heavy (non-hydrogen) atoms. The quantitative estimate of drug-likeness (QED) is 0.383. The molecule has 4 heteroatoms. The Balaban J connectivity index is 1.39. The van der Waals surface area contributed by atoms with Gasteiger partial charge in [-0.15, -0.1) is 0 Å². The number of aryl methyl sites for hydroxylation is 3. The Morgan fingerprint density at radius 3 is 2.38 bits per heavy atom. The Morgan fingerprint density at radius 2 is 1.68 bits per heavy atom. The molecule has 1 heterocycles. The summed E-state index contributed by atoms with van der Waals surface area (Å²) in [6.45, 7) is 5.89. The van der Waals surface area contributed by atoms with Crippen molar-refractivity contribution in [3.05, 3.63) is 106 Å². The van der Waals surface area contributed by atoms with Crippen molar-refractivity contribution in [2.75, 3.05) is 13.1 Å². The molecule has 2 atom stereocenters. The highest BCUT2D eigenvalue weighted by Crippen LogP contribution is 2.24. The topological polar surface area (TPSA) is 32.3 Å². The van der Waals surface area contributed by atoms with Crippen LogP contribution in [0.3, 0.4) is 0 Å². The van der Waals surface area contributed by atoms with E-state index in [0.717, 1.165) is 66.9 Å². The van der Waals surface area contributed by atoms with Gasteiger partial charge in [0, 0.05) is 29.2 Å². The number of hydrogen-bond acceptors (Lipinski definition) is 2. The summed E-state index contributed by atoms with van der Waals surface area (Å²) in [6.07, 6.45) is 4.99. The number of benzene rings is 3. The summed E-state index contributed by atoms with van der Waals surface area (Å²) in [5.41, 5.74) is 5.70. The Hall–Kier alpha value is -2.62. The molecule has 1 aliphatic rings. The number of rotatable bonds is 8. The first-order valence-corrected chi connectivity index (χ1v) is 12.8. The molecule has 1 fully saturated rings. The van der Waals surface area contributed by atoms with Crippen molar-refractivity contribution in [1.29, 1.82) is 0 Å². The lowest BCUT2D eigenvalue weighted by Gasteiger charge is -2.40. The highest BCUT2D eigenvalue weighted by atomic mass is 35.5. The van der Waals surface area contributed by atoms with E-state index < -0.39 is 0 Å². The van der Waals surface area contributed by atoms with Crippen LogP contribution in [-0.2, 0) is 12.8 Å². The lowest BCUT2D eigenvalue weighted by molar-refractivity contribution is 0.0577. The molecule has 0 unspecified atom stereocenters.